The first kappa shape index (κ1) is 18.9. The van der Waals surface area contributed by atoms with E-state index in [2.05, 4.69) is 9.47 Å². The Balaban J connectivity index is -0.000000605. The number of rotatable bonds is 3. The number of hydrogen-bond donors (Lipinski definition) is 0. The Morgan fingerprint density at radius 3 is 1.36 bits per heavy atom. The van der Waals surface area contributed by atoms with Crippen molar-refractivity contribution in [3.63, 3.8) is 0 Å². The fourth-order valence-corrected chi connectivity index (χ4v) is 0.280. The molecule has 66 valence electrons. The van der Waals surface area contributed by atoms with Crippen LogP contribution in [0.3, 0.4) is 0 Å². The van der Waals surface area contributed by atoms with Gasteiger partial charge in [-0.3, -0.25) is 0 Å². The van der Waals surface area contributed by atoms with E-state index in [0.29, 0.717) is 0 Å². The van der Waals surface area contributed by atoms with Crippen molar-refractivity contribution in [1.82, 2.24) is 0 Å². The van der Waals surface area contributed by atoms with Crippen molar-refractivity contribution in [2.45, 2.75) is 0 Å². The minimum atomic E-state index is -1.71. The Hall–Kier alpha value is -0.785. The summed E-state index contributed by atoms with van der Waals surface area (Å²) in [5.41, 5.74) is 0. The second-order valence-electron chi connectivity index (χ2n) is 1.39. The Labute approximate surface area is 104 Å². The van der Waals surface area contributed by atoms with E-state index in [0.717, 1.165) is 24.7 Å². The first-order valence-corrected chi connectivity index (χ1v) is 2.70. The van der Waals surface area contributed by atoms with Gasteiger partial charge in [0, 0.05) is 12.5 Å². The topological polar surface area (TPSA) is 98.7 Å². The van der Waals surface area contributed by atoms with Crippen molar-refractivity contribution >= 4 is 12.3 Å². The zero-order valence-electron chi connectivity index (χ0n) is 7.76. The smallest absolute Gasteiger partial charge is 0.522 e. The molecule has 0 aromatic carbocycles. The van der Waals surface area contributed by atoms with Gasteiger partial charge in [-0.25, -0.2) is 0 Å². The van der Waals surface area contributed by atoms with Crippen LogP contribution in [-0.2, 0) is 9.47 Å². The molecule has 0 unspecified atom stereocenters. The van der Waals surface area contributed by atoms with Crippen molar-refractivity contribution in [2.75, 3.05) is 0 Å². The molecule has 0 aliphatic heterocycles. The molecule has 0 aliphatic carbocycles. The standard InChI is InChI=1S/C6H6O6.2Li/c7-5(8)11-3-1-2-4-12-6(9)10;;/h1-4H,(H,7,8)(H,9,10);;/q;2*+1/p-2/b3-1+,4-2+;;. The molecule has 6 nitrogen and oxygen atoms in total. The van der Waals surface area contributed by atoms with Gasteiger partial charge in [0.05, 0.1) is 0 Å². The summed E-state index contributed by atoms with van der Waals surface area (Å²) < 4.78 is 7.61. The van der Waals surface area contributed by atoms with Gasteiger partial charge < -0.3 is 29.3 Å². The van der Waals surface area contributed by atoms with Gasteiger partial charge in [-0.2, -0.15) is 0 Å². The van der Waals surface area contributed by atoms with Crippen LogP contribution in [0.4, 0.5) is 9.59 Å². The average molecular weight is 186 g/mol. The molecular formula is C6H4Li2O6. The van der Waals surface area contributed by atoms with Gasteiger partial charge in [-0.1, -0.05) is 0 Å². The van der Waals surface area contributed by atoms with Crippen LogP contribution in [0, 0.1) is 0 Å². The summed E-state index contributed by atoms with van der Waals surface area (Å²) in [6, 6.07) is 0. The molecule has 0 rings (SSSR count). The van der Waals surface area contributed by atoms with Gasteiger partial charge >= 0.3 is 37.7 Å². The number of ether oxygens (including phenoxy) is 2. The molecule has 0 radical (unpaired) electrons. The van der Waals surface area contributed by atoms with Gasteiger partial charge in [-0.05, 0) is 12.2 Å². The summed E-state index contributed by atoms with van der Waals surface area (Å²) in [6.45, 7) is 0. The molecule has 0 amide bonds. The minimum Gasteiger partial charge on any atom is -0.522 e. The van der Waals surface area contributed by atoms with Crippen LogP contribution in [0.2, 0.25) is 0 Å². The zero-order chi connectivity index (χ0) is 9.40. The zero-order valence-corrected chi connectivity index (χ0v) is 7.76. The second-order valence-corrected chi connectivity index (χ2v) is 1.39. The molecule has 0 bridgehead atoms. The Kier molecular flexibility index (Phi) is 16.5. The van der Waals surface area contributed by atoms with E-state index >= 15 is 0 Å². The van der Waals surface area contributed by atoms with Crippen LogP contribution >= 0.6 is 0 Å². The van der Waals surface area contributed by atoms with Crippen LogP contribution in [0.5, 0.6) is 0 Å². The average Bonchev–Trinajstić information content (AvgIpc) is 1.95. The molecule has 0 heterocycles. The number of carbonyl (C=O) groups is 2. The Morgan fingerprint density at radius 2 is 1.14 bits per heavy atom. The van der Waals surface area contributed by atoms with E-state index in [1.54, 1.807) is 0 Å². The van der Waals surface area contributed by atoms with E-state index in [4.69, 9.17) is 0 Å². The third-order valence-electron chi connectivity index (χ3n) is 0.597. The number of carbonyl (C=O) groups excluding carboxylic acids is 2. The molecule has 0 spiro atoms. The Bertz CT molecular complexity index is 200. The minimum absolute atomic E-state index is 0. The summed E-state index contributed by atoms with van der Waals surface area (Å²) in [7, 11) is 0. The van der Waals surface area contributed by atoms with E-state index in [1.165, 1.54) is 0 Å². The van der Waals surface area contributed by atoms with Gasteiger partial charge in [0.2, 0.25) is 0 Å². The molecule has 0 N–H and O–H groups in total. The fraction of sp³-hybridized carbons (Fsp3) is 0. The van der Waals surface area contributed by atoms with Crippen molar-refractivity contribution in [3.8, 4) is 0 Å². The summed E-state index contributed by atoms with van der Waals surface area (Å²) in [4.78, 5) is 19.2. The van der Waals surface area contributed by atoms with Crippen LogP contribution in [0.15, 0.2) is 24.7 Å². The van der Waals surface area contributed by atoms with E-state index < -0.39 is 12.3 Å². The molecule has 0 saturated carbocycles. The maximum Gasteiger partial charge on any atom is 1.00 e. The van der Waals surface area contributed by atoms with E-state index in [-0.39, 0.29) is 37.7 Å². The maximum absolute atomic E-state index is 9.60. The number of carboxylic acid groups (broad SMARTS) is 2. The van der Waals surface area contributed by atoms with Crippen LogP contribution < -0.4 is 47.9 Å². The molecule has 0 fully saturated rings. The second kappa shape index (κ2) is 12.2. The van der Waals surface area contributed by atoms with Crippen molar-refractivity contribution in [3.05, 3.63) is 24.7 Å². The van der Waals surface area contributed by atoms with E-state index in [9.17, 15) is 19.8 Å². The van der Waals surface area contributed by atoms with Gasteiger partial charge in [-0.15, -0.1) is 0 Å². The van der Waals surface area contributed by atoms with Crippen LogP contribution in [0.1, 0.15) is 0 Å². The van der Waals surface area contributed by atoms with E-state index in [1.807, 2.05) is 0 Å². The summed E-state index contributed by atoms with van der Waals surface area (Å²) in [5.74, 6) is 0. The predicted molar refractivity (Wildman–Crippen MR) is 31.2 cm³/mol. The van der Waals surface area contributed by atoms with Crippen molar-refractivity contribution in [2.24, 2.45) is 0 Å². The maximum atomic E-state index is 9.60. The normalized spacial score (nSPS) is 8.86. The van der Waals surface area contributed by atoms with Crippen molar-refractivity contribution < 1.29 is 67.0 Å². The molecule has 14 heavy (non-hydrogen) atoms. The molecule has 8 heteroatoms. The Morgan fingerprint density at radius 1 is 0.857 bits per heavy atom. The summed E-state index contributed by atoms with van der Waals surface area (Å²) in [6.07, 6.45) is 0.341. The first-order chi connectivity index (χ1) is 5.63. The third kappa shape index (κ3) is 17.3. The third-order valence-corrected chi connectivity index (χ3v) is 0.597. The van der Waals surface area contributed by atoms with Gasteiger partial charge in [0.25, 0.3) is 12.3 Å². The molecule has 0 aromatic rings. The molecule has 0 atom stereocenters. The molecule has 0 saturated heterocycles. The quantitative estimate of drug-likeness (QED) is 0.188. The summed E-state index contributed by atoms with van der Waals surface area (Å²) >= 11 is 0. The first-order valence-electron chi connectivity index (χ1n) is 2.70. The van der Waals surface area contributed by atoms with Crippen LogP contribution in [-0.4, -0.2) is 12.3 Å². The number of allylic oxidation sites excluding steroid dienone is 2. The van der Waals surface area contributed by atoms with Gasteiger partial charge in [0.1, 0.15) is 0 Å². The molecular weight excluding hydrogens is 182 g/mol. The number of hydrogen-bond acceptors (Lipinski definition) is 6. The molecule has 0 aliphatic rings. The largest absolute Gasteiger partial charge is 1.00 e. The summed E-state index contributed by atoms with van der Waals surface area (Å²) in [5, 5.41) is 19.2. The van der Waals surface area contributed by atoms with Crippen molar-refractivity contribution in [1.29, 1.82) is 0 Å². The molecule has 0 aromatic heterocycles. The SMILES string of the molecule is O=C([O-])O/C=C/C=C/OC(=O)[O-].[Li+].[Li+]. The van der Waals surface area contributed by atoms with Crippen LogP contribution in [0.25, 0.3) is 0 Å². The van der Waals surface area contributed by atoms with Gasteiger partial charge in [0.15, 0.2) is 0 Å². The fourth-order valence-electron chi connectivity index (χ4n) is 0.280. The predicted octanol–water partition coefficient (Wildman–Crippen LogP) is -7.26. The monoisotopic (exact) mass is 186 g/mol.